The smallest absolute Gasteiger partial charge is 0.156 e. The van der Waals surface area contributed by atoms with Crippen molar-refractivity contribution in [3.8, 4) is 0 Å². The van der Waals surface area contributed by atoms with Gasteiger partial charge in [-0.2, -0.15) is 0 Å². The molecule has 25 aliphatic rings. The van der Waals surface area contributed by atoms with Crippen molar-refractivity contribution in [2.45, 2.75) is 534 Å². The first-order valence-electron chi connectivity index (χ1n) is 60.3. The maximum atomic E-state index is 4.13. The topological polar surface area (TPSA) is 9.72 Å². The van der Waals surface area contributed by atoms with Crippen molar-refractivity contribution < 1.29 is 0 Å². The molecule has 22 aliphatic carbocycles. The average molecular weight is 1720 g/mol. The number of nitrogens with zero attached hydrogens (tertiary/aromatic N) is 3. The SMILES string of the molecule is CC(C)(C)C1CC2CCC3CC(C(C)(C)C)CC4C(C5CCC6C(C5)B5C7CC(C8CC9CC(C(C)(C)C)CC%10CCC%11CC(C(C)(C)C)CC8C%11C%109)CCC7N(C7C(C8CCCCC8)CC(C8CCCCC8)CC7C7CCCCC7)C7CC(N8C9CC%10CC%11CC8C%10%119)CC(C57)N6C5C(C6CCCCC6)CC(C6CCCCC6)CC5C5CCCCC5)CC(C1)C2C34. The first-order chi connectivity index (χ1) is 61.0. The molecule has 3 aliphatic heterocycles. The molecule has 0 aromatic rings. The summed E-state index contributed by atoms with van der Waals surface area (Å²) in [7, 11) is 0. The van der Waals surface area contributed by atoms with E-state index in [2.05, 4.69) is 97.8 Å². The number of hydrogen-bond donors (Lipinski definition) is 0. The average Bonchev–Trinajstić information content (AvgIpc) is 0.616. The fourth-order valence-corrected chi connectivity index (χ4v) is 47.2. The van der Waals surface area contributed by atoms with Crippen LogP contribution in [0.1, 0.15) is 462 Å². The highest BCUT2D eigenvalue weighted by molar-refractivity contribution is 6.65. The van der Waals surface area contributed by atoms with Gasteiger partial charge in [-0.05, 0) is 414 Å². The van der Waals surface area contributed by atoms with Gasteiger partial charge in [-0.15, -0.1) is 0 Å². The first kappa shape index (κ1) is 87.4. The lowest BCUT2D eigenvalue weighted by molar-refractivity contribution is -0.408. The van der Waals surface area contributed by atoms with Crippen LogP contribution in [0.2, 0.25) is 17.5 Å². The van der Waals surface area contributed by atoms with E-state index in [0.717, 1.165) is 285 Å². The van der Waals surface area contributed by atoms with Crippen LogP contribution in [0.15, 0.2) is 0 Å². The van der Waals surface area contributed by atoms with Crippen molar-refractivity contribution in [1.29, 1.82) is 0 Å². The minimum absolute atomic E-state index is 0.420. The molecule has 0 N–H and O–H groups in total. The predicted molar refractivity (Wildman–Crippen MR) is 528 cm³/mol. The van der Waals surface area contributed by atoms with Crippen LogP contribution in [0.4, 0.5) is 0 Å². The molecule has 34 atom stereocenters. The lowest BCUT2D eigenvalue weighted by Crippen LogP contribution is -2.94. The zero-order chi connectivity index (χ0) is 85.1. The Kier molecular flexibility index (Phi) is 23.3. The van der Waals surface area contributed by atoms with E-state index in [1.807, 2.05) is 0 Å². The Morgan fingerprint density at radius 1 is 0.206 bits per heavy atom. The van der Waals surface area contributed by atoms with Crippen molar-refractivity contribution in [1.82, 2.24) is 14.7 Å². The number of fused-ring (bicyclic) bond motifs is 4. The van der Waals surface area contributed by atoms with Gasteiger partial charge < -0.3 is 0 Å². The van der Waals surface area contributed by atoms with Gasteiger partial charge in [0.05, 0.1) is 0 Å². The quantitative estimate of drug-likeness (QED) is 0.191. The van der Waals surface area contributed by atoms with Crippen LogP contribution < -0.4 is 0 Å². The molecule has 3 nitrogen and oxygen atoms in total. The minimum Gasteiger partial charge on any atom is -0.295 e. The third kappa shape index (κ3) is 14.5. The van der Waals surface area contributed by atoms with Crippen molar-refractivity contribution >= 4 is 6.71 Å². The molecule has 3 saturated heterocycles. The second-order valence-electron chi connectivity index (χ2n) is 60.3. The fraction of sp³-hybridized carbons (Fsp3) is 1.00. The van der Waals surface area contributed by atoms with E-state index in [4.69, 9.17) is 0 Å². The normalized spacial score (nSPS) is 53.0. The second-order valence-corrected chi connectivity index (χ2v) is 60.3. The molecule has 22 saturated carbocycles. The van der Waals surface area contributed by atoms with Gasteiger partial charge in [0.25, 0.3) is 0 Å². The lowest BCUT2D eigenvalue weighted by atomic mass is 9.17. The van der Waals surface area contributed by atoms with E-state index in [9.17, 15) is 0 Å². The van der Waals surface area contributed by atoms with Crippen molar-refractivity contribution in [2.24, 2.45) is 228 Å². The molecular formula is C122H200BN3. The van der Waals surface area contributed by atoms with E-state index in [0.29, 0.717) is 21.7 Å². The number of hydrogen-bond acceptors (Lipinski definition) is 3. The zero-order valence-electron chi connectivity index (χ0n) is 84.7. The molecule has 34 unspecified atom stereocenters. The molecule has 25 rings (SSSR count). The van der Waals surface area contributed by atoms with Gasteiger partial charge in [-0.3, -0.25) is 14.7 Å². The highest BCUT2D eigenvalue weighted by Gasteiger charge is 2.85. The van der Waals surface area contributed by atoms with Crippen molar-refractivity contribution in [3.63, 3.8) is 0 Å². The summed E-state index contributed by atoms with van der Waals surface area (Å²) in [6.45, 7) is 34.0. The highest BCUT2D eigenvalue weighted by Crippen LogP contribution is 2.84. The summed E-state index contributed by atoms with van der Waals surface area (Å²) in [5, 5.41) is 0. The van der Waals surface area contributed by atoms with Gasteiger partial charge >= 0.3 is 0 Å². The minimum atomic E-state index is 0.420. The third-order valence-corrected chi connectivity index (χ3v) is 52.3. The Morgan fingerprint density at radius 3 is 0.825 bits per heavy atom. The Labute approximate surface area is 778 Å². The molecule has 126 heavy (non-hydrogen) atoms. The van der Waals surface area contributed by atoms with Gasteiger partial charge in [0, 0.05) is 59.8 Å². The van der Waals surface area contributed by atoms with Gasteiger partial charge in [0.15, 0.2) is 6.71 Å². The third-order valence-electron chi connectivity index (χ3n) is 52.3. The Bertz CT molecular complexity index is 3440. The van der Waals surface area contributed by atoms with Crippen LogP contribution in [0.5, 0.6) is 0 Å². The van der Waals surface area contributed by atoms with E-state index >= 15 is 0 Å². The van der Waals surface area contributed by atoms with Crippen LogP contribution in [0.25, 0.3) is 0 Å². The number of piperidine rings is 2. The summed E-state index contributed by atoms with van der Waals surface area (Å²) in [5.41, 5.74) is 2.50. The molecule has 25 fully saturated rings. The van der Waals surface area contributed by atoms with E-state index in [1.165, 1.54) is 12.8 Å². The van der Waals surface area contributed by atoms with E-state index in [-0.39, 0.29) is 0 Å². The van der Waals surface area contributed by atoms with Crippen LogP contribution in [-0.2, 0) is 0 Å². The molecule has 0 radical (unpaired) electrons. The highest BCUT2D eigenvalue weighted by atomic mass is 15.4. The summed E-state index contributed by atoms with van der Waals surface area (Å²) >= 11 is 0. The summed E-state index contributed by atoms with van der Waals surface area (Å²) in [4.78, 5) is 11.9. The van der Waals surface area contributed by atoms with Crippen molar-refractivity contribution in [3.05, 3.63) is 0 Å². The summed E-state index contributed by atoms with van der Waals surface area (Å²) in [5.74, 6) is 36.7. The number of likely N-dealkylation sites (tertiary alicyclic amines) is 1. The standard InChI is InChI=1S/C122H200BN3/c1-118(2,3)88-51-80-43-45-82-53-90(120(7,8)9)66-101-95(61-86(55-88)111(80)113(82)101)78-47-49-105-103(63-78)123-104-64-79(96-62-87-56-89(119(4,5)6)52-81-44-46-83-54-91(121(10,11)12)67-102(96)114(83)112(81)87)48-50-106(104)126(117-99(76-39-27-17-28-40-76)59-85(73-33-21-14-22-34-73)60-100(117)77-41-29-18-30-42-77)108-71-94(124-109-68-92-65-93-69-110(124)122(92,93)109)70-107(115(108)123)125(105)116-97(74-35-23-15-24-36-74)57-84(72-31-19-13-20-32-72)58-98(116)75-37-25-16-26-38-75/h72-117H,13-71H2,1-12H3. The molecule has 706 valence electrons. The molecular weight excluding hydrogens is 1520 g/mol. The molecule has 0 amide bonds. The fourth-order valence-electron chi connectivity index (χ4n) is 47.2. The van der Waals surface area contributed by atoms with Crippen molar-refractivity contribution in [2.75, 3.05) is 0 Å². The molecule has 3 heterocycles. The Morgan fingerprint density at radius 2 is 0.500 bits per heavy atom. The molecule has 1 spiro atoms. The predicted octanol–water partition coefficient (Wildman–Crippen LogP) is 32.3. The Balaban J connectivity index is 0.693. The molecule has 0 bridgehead atoms. The summed E-state index contributed by atoms with van der Waals surface area (Å²) in [6.07, 6.45) is 94.5. The lowest BCUT2D eigenvalue weighted by Gasteiger charge is -2.90. The van der Waals surface area contributed by atoms with Crippen LogP contribution in [0, 0.1) is 228 Å². The van der Waals surface area contributed by atoms with Gasteiger partial charge in [-0.25, -0.2) is 0 Å². The van der Waals surface area contributed by atoms with Crippen LogP contribution >= 0.6 is 0 Å². The largest absolute Gasteiger partial charge is 0.295 e. The first-order valence-corrected chi connectivity index (χ1v) is 60.3. The monoisotopic (exact) mass is 1720 g/mol. The maximum Gasteiger partial charge on any atom is 0.156 e. The van der Waals surface area contributed by atoms with E-state index in [1.54, 1.807) is 366 Å². The van der Waals surface area contributed by atoms with Gasteiger partial charge in [0.2, 0.25) is 0 Å². The summed E-state index contributed by atoms with van der Waals surface area (Å²) < 4.78 is 0. The summed E-state index contributed by atoms with van der Waals surface area (Å²) in [6, 6.07) is 7.79. The van der Waals surface area contributed by atoms with Crippen LogP contribution in [-0.4, -0.2) is 75.8 Å². The molecule has 4 heteroatoms. The van der Waals surface area contributed by atoms with Gasteiger partial charge in [0.1, 0.15) is 0 Å². The van der Waals surface area contributed by atoms with Gasteiger partial charge in [-0.1, -0.05) is 289 Å². The Hall–Kier alpha value is -0.0551. The zero-order valence-corrected chi connectivity index (χ0v) is 84.7. The maximum absolute atomic E-state index is 4.13. The molecule has 0 aromatic carbocycles. The second kappa shape index (κ2) is 33.6. The number of rotatable bonds is 11. The molecule has 0 aromatic heterocycles. The van der Waals surface area contributed by atoms with Crippen LogP contribution in [0.3, 0.4) is 0 Å². The van der Waals surface area contributed by atoms with E-state index < -0.39 is 0 Å².